The maximum Gasteiger partial charge on any atom is 0.123 e. The largest absolute Gasteiger partial charge is 0.207 e. The first-order valence-electron chi connectivity index (χ1n) is 10.4. The zero-order valence-corrected chi connectivity index (χ0v) is 15.2. The second kappa shape index (κ2) is 7.18. The van der Waals surface area contributed by atoms with Crippen LogP contribution in [0.5, 0.6) is 0 Å². The lowest BCUT2D eigenvalue weighted by molar-refractivity contribution is 0.0732. The molecule has 0 bridgehead atoms. The Morgan fingerprint density at radius 1 is 0.750 bits per heavy atom. The van der Waals surface area contributed by atoms with Crippen molar-refractivity contribution in [1.82, 2.24) is 0 Å². The molecule has 4 rings (SSSR count). The fraction of sp³-hybridized carbons (Fsp3) is 0.739. The van der Waals surface area contributed by atoms with E-state index >= 15 is 0 Å². The lowest BCUT2D eigenvalue weighted by atomic mass is 9.60. The smallest absolute Gasteiger partial charge is 0.123 e. The molecule has 3 aliphatic rings. The van der Waals surface area contributed by atoms with Crippen LogP contribution in [0.25, 0.3) is 0 Å². The molecule has 0 aromatic heterocycles. The van der Waals surface area contributed by atoms with Gasteiger partial charge in [-0.1, -0.05) is 31.9 Å². The number of benzene rings is 1. The highest BCUT2D eigenvalue weighted by Crippen LogP contribution is 2.50. The van der Waals surface area contributed by atoms with E-state index in [0.717, 1.165) is 29.6 Å². The molecule has 0 heterocycles. The molecule has 0 radical (unpaired) electrons. The Morgan fingerprint density at radius 2 is 1.38 bits per heavy atom. The molecule has 3 aliphatic carbocycles. The van der Waals surface area contributed by atoms with E-state index in [4.69, 9.17) is 0 Å². The van der Waals surface area contributed by atoms with Crippen molar-refractivity contribution in [2.45, 2.75) is 77.0 Å². The van der Waals surface area contributed by atoms with E-state index in [1.54, 1.807) is 12.1 Å². The van der Waals surface area contributed by atoms with Crippen molar-refractivity contribution in [3.63, 3.8) is 0 Å². The van der Waals surface area contributed by atoms with Crippen LogP contribution in [0, 0.1) is 35.4 Å². The van der Waals surface area contributed by atoms with Gasteiger partial charge in [0.15, 0.2) is 0 Å². The van der Waals surface area contributed by atoms with Crippen LogP contribution < -0.4 is 0 Å². The van der Waals surface area contributed by atoms with Crippen LogP contribution in [0.3, 0.4) is 0 Å². The number of hydrogen-bond acceptors (Lipinski definition) is 0. The minimum absolute atomic E-state index is 0.0649. The molecule has 0 amide bonds. The lowest BCUT2D eigenvalue weighted by Gasteiger charge is -2.45. The topological polar surface area (TPSA) is 0 Å². The number of hydrogen-bond donors (Lipinski definition) is 0. The molecule has 4 unspecified atom stereocenters. The van der Waals surface area contributed by atoms with Gasteiger partial charge in [-0.15, -0.1) is 0 Å². The van der Waals surface area contributed by atoms with Crippen LogP contribution in [0.15, 0.2) is 24.3 Å². The van der Waals surface area contributed by atoms with Crippen LogP contribution >= 0.6 is 0 Å². The van der Waals surface area contributed by atoms with Crippen molar-refractivity contribution in [3.05, 3.63) is 35.6 Å². The van der Waals surface area contributed by atoms with E-state index < -0.39 is 0 Å². The summed E-state index contributed by atoms with van der Waals surface area (Å²) in [4.78, 5) is 0. The van der Waals surface area contributed by atoms with Gasteiger partial charge in [-0.2, -0.15) is 0 Å². The monoisotopic (exact) mass is 328 g/mol. The van der Waals surface area contributed by atoms with Crippen molar-refractivity contribution in [2.24, 2.45) is 29.6 Å². The number of fused-ring (bicyclic) bond motifs is 1. The third kappa shape index (κ3) is 3.55. The summed E-state index contributed by atoms with van der Waals surface area (Å²) in [7, 11) is 0. The first kappa shape index (κ1) is 16.6. The molecule has 1 aromatic carbocycles. The van der Waals surface area contributed by atoms with Crippen LogP contribution in [0.2, 0.25) is 0 Å². The normalized spacial score (nSPS) is 40.1. The van der Waals surface area contributed by atoms with Crippen LogP contribution in [-0.2, 0) is 0 Å². The minimum Gasteiger partial charge on any atom is -0.207 e. The molecule has 132 valence electrons. The standard InChI is InChI=1S/C23H33F/c1-16-5-7-17(8-6-16)19-9-10-22-14-20(11-12-21(22)13-19)18-3-2-4-23(24)15-18/h2-4,15-17,19-22H,5-14H2,1H3. The fourth-order valence-electron chi connectivity index (χ4n) is 6.17. The highest BCUT2D eigenvalue weighted by Gasteiger charge is 2.38. The van der Waals surface area contributed by atoms with E-state index in [2.05, 4.69) is 13.0 Å². The van der Waals surface area contributed by atoms with E-state index in [0.29, 0.717) is 5.92 Å². The molecule has 0 saturated heterocycles. The van der Waals surface area contributed by atoms with Crippen molar-refractivity contribution in [2.75, 3.05) is 0 Å². The summed E-state index contributed by atoms with van der Waals surface area (Å²) in [5.74, 6) is 5.43. The summed E-state index contributed by atoms with van der Waals surface area (Å²) in [5.41, 5.74) is 1.25. The quantitative estimate of drug-likeness (QED) is 0.551. The van der Waals surface area contributed by atoms with Crippen LogP contribution in [-0.4, -0.2) is 0 Å². The van der Waals surface area contributed by atoms with Gasteiger partial charge < -0.3 is 0 Å². The third-order valence-electron chi connectivity index (χ3n) is 7.70. The molecule has 1 heteroatoms. The maximum absolute atomic E-state index is 13.5. The van der Waals surface area contributed by atoms with Crippen molar-refractivity contribution >= 4 is 0 Å². The van der Waals surface area contributed by atoms with Gasteiger partial charge in [-0.25, -0.2) is 4.39 Å². The summed E-state index contributed by atoms with van der Waals surface area (Å²) in [6.45, 7) is 2.43. The van der Waals surface area contributed by atoms with Gasteiger partial charge in [0.2, 0.25) is 0 Å². The average molecular weight is 329 g/mol. The lowest BCUT2D eigenvalue weighted by Crippen LogP contribution is -2.34. The van der Waals surface area contributed by atoms with Gasteiger partial charge in [0.25, 0.3) is 0 Å². The number of halogens is 1. The summed E-state index contributed by atoms with van der Waals surface area (Å²) in [5, 5.41) is 0. The summed E-state index contributed by atoms with van der Waals surface area (Å²) < 4.78 is 13.5. The number of rotatable bonds is 2. The first-order chi connectivity index (χ1) is 11.7. The van der Waals surface area contributed by atoms with E-state index in [-0.39, 0.29) is 5.82 Å². The highest BCUT2D eigenvalue weighted by molar-refractivity contribution is 5.21. The molecule has 0 spiro atoms. The molecule has 0 N–H and O–H groups in total. The van der Waals surface area contributed by atoms with Crippen LogP contribution in [0.1, 0.15) is 82.6 Å². The molecule has 0 aliphatic heterocycles. The van der Waals surface area contributed by atoms with Gasteiger partial charge in [-0.3, -0.25) is 0 Å². The SMILES string of the molecule is CC1CCC(C2CCC3CC(c4cccc(F)c4)CCC3C2)CC1. The molecule has 24 heavy (non-hydrogen) atoms. The highest BCUT2D eigenvalue weighted by atomic mass is 19.1. The summed E-state index contributed by atoms with van der Waals surface area (Å²) in [6, 6.07) is 7.38. The van der Waals surface area contributed by atoms with E-state index in [1.807, 2.05) is 6.07 Å². The summed E-state index contributed by atoms with van der Waals surface area (Å²) >= 11 is 0. The van der Waals surface area contributed by atoms with Gasteiger partial charge in [0.1, 0.15) is 5.82 Å². The zero-order chi connectivity index (χ0) is 16.5. The Bertz CT molecular complexity index is 543. The maximum atomic E-state index is 13.5. The van der Waals surface area contributed by atoms with Gasteiger partial charge in [0, 0.05) is 0 Å². The predicted octanol–water partition coefficient (Wildman–Crippen LogP) is 6.95. The molecular weight excluding hydrogens is 295 g/mol. The predicted molar refractivity (Wildman–Crippen MR) is 98.4 cm³/mol. The minimum atomic E-state index is -0.0649. The van der Waals surface area contributed by atoms with Gasteiger partial charge >= 0.3 is 0 Å². The molecule has 1 aromatic rings. The van der Waals surface area contributed by atoms with Gasteiger partial charge in [0.05, 0.1) is 0 Å². The van der Waals surface area contributed by atoms with Crippen molar-refractivity contribution < 1.29 is 4.39 Å². The first-order valence-corrected chi connectivity index (χ1v) is 10.4. The van der Waals surface area contributed by atoms with Crippen LogP contribution in [0.4, 0.5) is 4.39 Å². The van der Waals surface area contributed by atoms with Gasteiger partial charge in [-0.05, 0) is 105 Å². The average Bonchev–Trinajstić information content (AvgIpc) is 2.61. The van der Waals surface area contributed by atoms with Crippen molar-refractivity contribution in [1.29, 1.82) is 0 Å². The van der Waals surface area contributed by atoms with E-state index in [9.17, 15) is 4.39 Å². The Morgan fingerprint density at radius 3 is 2.12 bits per heavy atom. The fourth-order valence-corrected chi connectivity index (χ4v) is 6.17. The van der Waals surface area contributed by atoms with Crippen molar-refractivity contribution in [3.8, 4) is 0 Å². The summed E-state index contributed by atoms with van der Waals surface area (Å²) in [6.07, 6.45) is 14.3. The molecule has 4 atom stereocenters. The zero-order valence-electron chi connectivity index (χ0n) is 15.2. The Balaban J connectivity index is 1.35. The molecule has 3 fully saturated rings. The molecule has 3 saturated carbocycles. The molecule has 0 nitrogen and oxygen atoms in total. The second-order valence-corrected chi connectivity index (χ2v) is 9.18. The Hall–Kier alpha value is -0.850. The molecular formula is C23H33F. The second-order valence-electron chi connectivity index (χ2n) is 9.18. The Kier molecular flexibility index (Phi) is 4.97. The third-order valence-corrected chi connectivity index (χ3v) is 7.70. The van der Waals surface area contributed by atoms with E-state index in [1.165, 1.54) is 69.8 Å². The Labute approximate surface area is 147 Å².